The highest BCUT2D eigenvalue weighted by Gasteiger charge is 2.05. The molecule has 1 heterocycles. The van der Waals surface area contributed by atoms with Gasteiger partial charge in [0.25, 0.3) is 0 Å². The minimum Gasteiger partial charge on any atom is -0.381 e. The molecule has 0 bridgehead atoms. The monoisotopic (exact) mass is 195 g/mol. The van der Waals surface area contributed by atoms with Crippen molar-refractivity contribution in [2.24, 2.45) is 5.73 Å². The molecule has 0 spiro atoms. The standard InChI is InChI=1S/C10H17N3O/c1-2-4-14-5-3-10(11)9-6-12-8-13-7-9/h6-8,10H,2-5,11H2,1H3. The van der Waals surface area contributed by atoms with Crippen molar-refractivity contribution in [3.63, 3.8) is 0 Å². The van der Waals surface area contributed by atoms with Crippen molar-refractivity contribution in [3.05, 3.63) is 24.3 Å². The van der Waals surface area contributed by atoms with Gasteiger partial charge < -0.3 is 10.5 Å². The molecular weight excluding hydrogens is 178 g/mol. The van der Waals surface area contributed by atoms with E-state index in [1.165, 1.54) is 6.33 Å². The first kappa shape index (κ1) is 11.1. The molecule has 0 fully saturated rings. The Balaban J connectivity index is 2.25. The molecule has 4 heteroatoms. The summed E-state index contributed by atoms with van der Waals surface area (Å²) in [4.78, 5) is 7.84. The Morgan fingerprint density at radius 2 is 2.07 bits per heavy atom. The Morgan fingerprint density at radius 3 is 2.71 bits per heavy atom. The van der Waals surface area contributed by atoms with Gasteiger partial charge >= 0.3 is 0 Å². The molecule has 1 aromatic heterocycles. The molecule has 78 valence electrons. The summed E-state index contributed by atoms with van der Waals surface area (Å²) in [5.41, 5.74) is 6.88. The lowest BCUT2D eigenvalue weighted by atomic mass is 10.1. The zero-order valence-corrected chi connectivity index (χ0v) is 8.52. The van der Waals surface area contributed by atoms with Crippen LogP contribution in [0, 0.1) is 0 Å². The van der Waals surface area contributed by atoms with Crippen molar-refractivity contribution in [3.8, 4) is 0 Å². The Kier molecular flexibility index (Phi) is 5.11. The molecular formula is C10H17N3O. The van der Waals surface area contributed by atoms with Gasteiger partial charge in [0.1, 0.15) is 6.33 Å². The van der Waals surface area contributed by atoms with Crippen molar-refractivity contribution in [2.45, 2.75) is 25.8 Å². The van der Waals surface area contributed by atoms with Crippen LogP contribution in [0.5, 0.6) is 0 Å². The summed E-state index contributed by atoms with van der Waals surface area (Å²) >= 11 is 0. The van der Waals surface area contributed by atoms with E-state index in [1.54, 1.807) is 12.4 Å². The van der Waals surface area contributed by atoms with Crippen LogP contribution in [0.2, 0.25) is 0 Å². The van der Waals surface area contributed by atoms with Gasteiger partial charge in [-0.05, 0) is 12.8 Å². The van der Waals surface area contributed by atoms with Crippen molar-refractivity contribution >= 4 is 0 Å². The molecule has 0 aliphatic rings. The first-order valence-electron chi connectivity index (χ1n) is 4.92. The zero-order valence-electron chi connectivity index (χ0n) is 8.52. The van der Waals surface area contributed by atoms with Crippen molar-refractivity contribution < 1.29 is 4.74 Å². The Morgan fingerprint density at radius 1 is 1.36 bits per heavy atom. The number of rotatable bonds is 6. The average molecular weight is 195 g/mol. The van der Waals surface area contributed by atoms with Gasteiger partial charge in [0, 0.05) is 37.2 Å². The minimum atomic E-state index is -0.0203. The highest BCUT2D eigenvalue weighted by Crippen LogP contribution is 2.10. The first-order valence-corrected chi connectivity index (χ1v) is 4.92. The highest BCUT2D eigenvalue weighted by molar-refractivity contribution is 5.07. The van der Waals surface area contributed by atoms with Crippen LogP contribution in [0.15, 0.2) is 18.7 Å². The Labute approximate surface area is 84.5 Å². The summed E-state index contributed by atoms with van der Waals surface area (Å²) in [7, 11) is 0. The SMILES string of the molecule is CCCOCCC(N)c1cncnc1. The molecule has 0 radical (unpaired) electrons. The lowest BCUT2D eigenvalue weighted by Crippen LogP contribution is -2.13. The van der Waals surface area contributed by atoms with Gasteiger partial charge in [0.2, 0.25) is 0 Å². The van der Waals surface area contributed by atoms with Crippen LogP contribution in [-0.4, -0.2) is 23.2 Å². The number of aromatic nitrogens is 2. The molecule has 0 aromatic carbocycles. The first-order chi connectivity index (χ1) is 6.84. The van der Waals surface area contributed by atoms with Crippen molar-refractivity contribution in [1.82, 2.24) is 9.97 Å². The number of hydrogen-bond donors (Lipinski definition) is 1. The molecule has 0 aliphatic heterocycles. The number of nitrogens with two attached hydrogens (primary N) is 1. The van der Waals surface area contributed by atoms with Gasteiger partial charge in [-0.15, -0.1) is 0 Å². The molecule has 1 unspecified atom stereocenters. The predicted molar refractivity (Wildman–Crippen MR) is 54.7 cm³/mol. The lowest BCUT2D eigenvalue weighted by molar-refractivity contribution is 0.127. The molecule has 0 saturated carbocycles. The number of nitrogens with zero attached hydrogens (tertiary/aromatic N) is 2. The van der Waals surface area contributed by atoms with E-state index in [0.717, 1.165) is 25.0 Å². The van der Waals surface area contributed by atoms with Crippen molar-refractivity contribution in [1.29, 1.82) is 0 Å². The third-order valence-electron chi connectivity index (χ3n) is 1.93. The van der Waals surface area contributed by atoms with Gasteiger partial charge in [0.05, 0.1) is 0 Å². The third kappa shape index (κ3) is 3.81. The second kappa shape index (κ2) is 6.45. The Bertz CT molecular complexity index is 240. The normalized spacial score (nSPS) is 12.7. The largest absolute Gasteiger partial charge is 0.381 e. The molecule has 14 heavy (non-hydrogen) atoms. The van der Waals surface area contributed by atoms with E-state index < -0.39 is 0 Å². The maximum absolute atomic E-state index is 5.92. The number of ether oxygens (including phenoxy) is 1. The average Bonchev–Trinajstić information content (AvgIpc) is 2.25. The van der Waals surface area contributed by atoms with Crippen LogP contribution < -0.4 is 5.73 Å². The van der Waals surface area contributed by atoms with Crippen LogP contribution in [0.25, 0.3) is 0 Å². The van der Waals surface area contributed by atoms with Crippen LogP contribution in [0.1, 0.15) is 31.4 Å². The maximum atomic E-state index is 5.92. The van der Waals surface area contributed by atoms with E-state index in [9.17, 15) is 0 Å². The Hall–Kier alpha value is -1.00. The van der Waals surface area contributed by atoms with Crippen molar-refractivity contribution in [2.75, 3.05) is 13.2 Å². The van der Waals surface area contributed by atoms with E-state index in [-0.39, 0.29) is 6.04 Å². The van der Waals surface area contributed by atoms with Crippen LogP contribution in [-0.2, 0) is 4.74 Å². The second-order valence-electron chi connectivity index (χ2n) is 3.18. The van der Waals surface area contributed by atoms with Crippen LogP contribution in [0.3, 0.4) is 0 Å². The van der Waals surface area contributed by atoms with Gasteiger partial charge in [-0.25, -0.2) is 9.97 Å². The quantitative estimate of drug-likeness (QED) is 0.695. The molecule has 0 aliphatic carbocycles. The molecule has 4 nitrogen and oxygen atoms in total. The second-order valence-corrected chi connectivity index (χ2v) is 3.18. The van der Waals surface area contributed by atoms with Gasteiger partial charge in [-0.1, -0.05) is 6.92 Å². The van der Waals surface area contributed by atoms with Gasteiger partial charge in [0.15, 0.2) is 0 Å². The fraction of sp³-hybridized carbons (Fsp3) is 0.600. The topological polar surface area (TPSA) is 61.0 Å². The van der Waals surface area contributed by atoms with E-state index in [4.69, 9.17) is 10.5 Å². The van der Waals surface area contributed by atoms with Gasteiger partial charge in [-0.3, -0.25) is 0 Å². The maximum Gasteiger partial charge on any atom is 0.115 e. The summed E-state index contributed by atoms with van der Waals surface area (Å²) in [5, 5.41) is 0. The minimum absolute atomic E-state index is 0.0203. The summed E-state index contributed by atoms with van der Waals surface area (Å²) in [6.45, 7) is 3.59. The molecule has 1 aromatic rings. The smallest absolute Gasteiger partial charge is 0.115 e. The number of hydrogen-bond acceptors (Lipinski definition) is 4. The van der Waals surface area contributed by atoms with Crippen LogP contribution >= 0.6 is 0 Å². The molecule has 1 atom stereocenters. The molecule has 0 saturated heterocycles. The van der Waals surface area contributed by atoms with E-state index in [1.807, 2.05) is 0 Å². The van der Waals surface area contributed by atoms with Crippen LogP contribution in [0.4, 0.5) is 0 Å². The lowest BCUT2D eigenvalue weighted by Gasteiger charge is -2.10. The zero-order chi connectivity index (χ0) is 10.2. The third-order valence-corrected chi connectivity index (χ3v) is 1.93. The van der Waals surface area contributed by atoms with Gasteiger partial charge in [-0.2, -0.15) is 0 Å². The summed E-state index contributed by atoms with van der Waals surface area (Å²) in [6.07, 6.45) is 6.86. The highest BCUT2D eigenvalue weighted by atomic mass is 16.5. The molecule has 1 rings (SSSR count). The summed E-state index contributed by atoms with van der Waals surface area (Å²) in [5.74, 6) is 0. The van der Waals surface area contributed by atoms with E-state index >= 15 is 0 Å². The molecule has 0 amide bonds. The molecule has 2 N–H and O–H groups in total. The fourth-order valence-electron chi connectivity index (χ4n) is 1.13. The summed E-state index contributed by atoms with van der Waals surface area (Å²) < 4.78 is 5.35. The summed E-state index contributed by atoms with van der Waals surface area (Å²) in [6, 6.07) is -0.0203. The van der Waals surface area contributed by atoms with E-state index in [0.29, 0.717) is 6.61 Å². The van der Waals surface area contributed by atoms with E-state index in [2.05, 4.69) is 16.9 Å². The fourth-order valence-corrected chi connectivity index (χ4v) is 1.13. The predicted octanol–water partition coefficient (Wildman–Crippen LogP) is 1.29.